The molecule has 2 aromatic rings. The van der Waals surface area contributed by atoms with Gasteiger partial charge in [0.1, 0.15) is 0 Å². The van der Waals surface area contributed by atoms with Crippen molar-refractivity contribution in [2.24, 2.45) is 0 Å². The minimum absolute atomic E-state index is 0.00335. The lowest BCUT2D eigenvalue weighted by atomic mass is 10.2. The Morgan fingerprint density at radius 3 is 2.25 bits per heavy atom. The molecule has 0 bridgehead atoms. The smallest absolute Gasteiger partial charge is 0.387 e. The summed E-state index contributed by atoms with van der Waals surface area (Å²) in [7, 11) is 2.60. The topological polar surface area (TPSA) is 56.8 Å². The molecule has 0 spiro atoms. The Bertz CT molecular complexity index is 737. The number of amides is 1. The van der Waals surface area contributed by atoms with E-state index in [1.807, 2.05) is 0 Å². The van der Waals surface area contributed by atoms with Crippen LogP contribution in [0.2, 0.25) is 0 Å². The summed E-state index contributed by atoms with van der Waals surface area (Å²) in [6, 6.07) is 7.68. The molecule has 0 aliphatic rings. The first-order chi connectivity index (χ1) is 11.4. The van der Waals surface area contributed by atoms with Gasteiger partial charge in [0, 0.05) is 17.3 Å². The molecule has 0 radical (unpaired) electrons. The average molecular weight is 341 g/mol. The number of carbonyl (C=O) groups excluding carboxylic acids is 1. The minimum atomic E-state index is -3.04. The lowest BCUT2D eigenvalue weighted by molar-refractivity contribution is -0.0511. The Kier molecular flexibility index (Phi) is 5.51. The second-order valence-electron chi connectivity index (χ2n) is 4.55. The van der Waals surface area contributed by atoms with Crippen molar-refractivity contribution in [1.29, 1.82) is 0 Å². The molecule has 128 valence electrons. The number of methoxy groups -OCH3 is 2. The summed E-state index contributed by atoms with van der Waals surface area (Å²) in [6.07, 6.45) is 0. The number of carbonyl (C=O) groups is 1. The van der Waals surface area contributed by atoms with E-state index >= 15 is 0 Å². The molecule has 2 aromatic carbocycles. The predicted molar refractivity (Wildman–Crippen MR) is 80.5 cm³/mol. The van der Waals surface area contributed by atoms with Crippen LogP contribution in [0.1, 0.15) is 10.4 Å². The van der Waals surface area contributed by atoms with Crippen molar-refractivity contribution in [3.05, 3.63) is 47.8 Å². The molecule has 1 N–H and O–H groups in total. The molecule has 2 rings (SSSR count). The maximum atomic E-state index is 13.6. The van der Waals surface area contributed by atoms with Gasteiger partial charge in [0.15, 0.2) is 23.1 Å². The summed E-state index contributed by atoms with van der Waals surface area (Å²) in [5.41, 5.74) is 0.230. The SMILES string of the molecule is COc1ccc(C(=O)Nc2ccc(OC)c(OC(F)F)c2)cc1F. The van der Waals surface area contributed by atoms with E-state index in [0.717, 1.165) is 6.07 Å². The molecule has 0 atom stereocenters. The van der Waals surface area contributed by atoms with Crippen LogP contribution in [0.3, 0.4) is 0 Å². The van der Waals surface area contributed by atoms with Crippen molar-refractivity contribution in [3.63, 3.8) is 0 Å². The molecule has 0 heterocycles. The van der Waals surface area contributed by atoms with Crippen LogP contribution in [0.15, 0.2) is 36.4 Å². The summed E-state index contributed by atoms with van der Waals surface area (Å²) in [4.78, 5) is 12.1. The third-order valence-electron chi connectivity index (χ3n) is 3.05. The lowest BCUT2D eigenvalue weighted by Gasteiger charge is -2.12. The van der Waals surface area contributed by atoms with Gasteiger partial charge in [-0.1, -0.05) is 0 Å². The standard InChI is InChI=1S/C16H14F3NO4/c1-22-12-5-3-9(7-11(12)17)15(21)20-10-4-6-13(23-2)14(8-10)24-16(18)19/h3-8,16H,1-2H3,(H,20,21). The van der Waals surface area contributed by atoms with Gasteiger partial charge in [-0.15, -0.1) is 0 Å². The molecule has 5 nitrogen and oxygen atoms in total. The van der Waals surface area contributed by atoms with Gasteiger partial charge >= 0.3 is 6.61 Å². The molecule has 0 saturated heterocycles. The van der Waals surface area contributed by atoms with Crippen LogP contribution >= 0.6 is 0 Å². The van der Waals surface area contributed by atoms with Crippen LogP contribution in [-0.4, -0.2) is 26.7 Å². The maximum Gasteiger partial charge on any atom is 0.387 e. The number of hydrogen-bond acceptors (Lipinski definition) is 4. The fourth-order valence-electron chi connectivity index (χ4n) is 1.95. The van der Waals surface area contributed by atoms with Crippen molar-refractivity contribution < 1.29 is 32.2 Å². The number of hydrogen-bond donors (Lipinski definition) is 1. The summed E-state index contributed by atoms with van der Waals surface area (Å²) < 4.78 is 52.4. The largest absolute Gasteiger partial charge is 0.494 e. The Morgan fingerprint density at radius 1 is 1.00 bits per heavy atom. The zero-order valence-corrected chi connectivity index (χ0v) is 12.8. The predicted octanol–water partition coefficient (Wildman–Crippen LogP) is 3.70. The zero-order valence-electron chi connectivity index (χ0n) is 12.8. The number of benzene rings is 2. The van der Waals surface area contributed by atoms with Gasteiger partial charge in [0.05, 0.1) is 14.2 Å². The summed E-state index contributed by atoms with van der Waals surface area (Å²) in [5, 5.41) is 2.46. The number of ether oxygens (including phenoxy) is 3. The third-order valence-corrected chi connectivity index (χ3v) is 3.05. The van der Waals surface area contributed by atoms with Gasteiger partial charge in [-0.2, -0.15) is 8.78 Å². The number of nitrogens with one attached hydrogen (secondary N) is 1. The highest BCUT2D eigenvalue weighted by atomic mass is 19.3. The summed E-state index contributed by atoms with van der Waals surface area (Å²) >= 11 is 0. The van der Waals surface area contributed by atoms with Gasteiger partial charge in [-0.25, -0.2) is 4.39 Å². The fraction of sp³-hybridized carbons (Fsp3) is 0.188. The highest BCUT2D eigenvalue weighted by molar-refractivity contribution is 6.04. The van der Waals surface area contributed by atoms with Crippen LogP contribution in [0.25, 0.3) is 0 Å². The van der Waals surface area contributed by atoms with Gasteiger partial charge in [-0.05, 0) is 30.3 Å². The molecular formula is C16H14F3NO4. The highest BCUT2D eigenvalue weighted by Crippen LogP contribution is 2.31. The summed E-state index contributed by atoms with van der Waals surface area (Å²) in [5.74, 6) is -1.45. The minimum Gasteiger partial charge on any atom is -0.494 e. The van der Waals surface area contributed by atoms with Crippen LogP contribution in [0, 0.1) is 5.82 Å². The van der Waals surface area contributed by atoms with E-state index < -0.39 is 18.3 Å². The van der Waals surface area contributed by atoms with E-state index in [1.165, 1.54) is 44.6 Å². The second kappa shape index (κ2) is 7.58. The first-order valence-corrected chi connectivity index (χ1v) is 6.72. The van der Waals surface area contributed by atoms with Crippen LogP contribution in [-0.2, 0) is 0 Å². The van der Waals surface area contributed by atoms with E-state index in [1.54, 1.807) is 0 Å². The molecule has 0 unspecified atom stereocenters. The first kappa shape index (κ1) is 17.5. The van der Waals surface area contributed by atoms with Crippen molar-refractivity contribution in [1.82, 2.24) is 0 Å². The van der Waals surface area contributed by atoms with Crippen molar-refractivity contribution >= 4 is 11.6 Å². The Hall–Kier alpha value is -2.90. The van der Waals surface area contributed by atoms with Crippen LogP contribution in [0.4, 0.5) is 18.9 Å². The second-order valence-corrected chi connectivity index (χ2v) is 4.55. The summed E-state index contributed by atoms with van der Waals surface area (Å²) in [6.45, 7) is -3.04. The molecule has 24 heavy (non-hydrogen) atoms. The highest BCUT2D eigenvalue weighted by Gasteiger charge is 2.14. The Morgan fingerprint density at radius 2 is 1.67 bits per heavy atom. The van der Waals surface area contributed by atoms with Crippen molar-refractivity contribution in [2.75, 3.05) is 19.5 Å². The molecular weight excluding hydrogens is 327 g/mol. The van der Waals surface area contributed by atoms with Crippen LogP contribution < -0.4 is 19.5 Å². The van der Waals surface area contributed by atoms with E-state index in [2.05, 4.69) is 10.1 Å². The molecule has 8 heteroatoms. The maximum absolute atomic E-state index is 13.6. The molecule has 1 amide bonds. The first-order valence-electron chi connectivity index (χ1n) is 6.72. The van der Waals surface area contributed by atoms with E-state index in [4.69, 9.17) is 9.47 Å². The molecule has 0 fully saturated rings. The van der Waals surface area contributed by atoms with Crippen LogP contribution in [0.5, 0.6) is 17.2 Å². The van der Waals surface area contributed by atoms with Gasteiger partial charge < -0.3 is 19.5 Å². The lowest BCUT2D eigenvalue weighted by Crippen LogP contribution is -2.13. The molecule has 0 aliphatic heterocycles. The molecule has 0 saturated carbocycles. The molecule has 0 aliphatic carbocycles. The zero-order chi connectivity index (χ0) is 17.7. The fourth-order valence-corrected chi connectivity index (χ4v) is 1.95. The van der Waals surface area contributed by atoms with Gasteiger partial charge in [0.2, 0.25) is 0 Å². The number of rotatable bonds is 6. The van der Waals surface area contributed by atoms with Crippen molar-refractivity contribution in [2.45, 2.75) is 6.61 Å². The molecule has 0 aromatic heterocycles. The van der Waals surface area contributed by atoms with Gasteiger partial charge in [-0.3, -0.25) is 4.79 Å². The number of anilines is 1. The van der Waals surface area contributed by atoms with E-state index in [-0.39, 0.29) is 28.5 Å². The number of halogens is 3. The van der Waals surface area contributed by atoms with E-state index in [0.29, 0.717) is 0 Å². The Labute approximate surface area is 135 Å². The van der Waals surface area contributed by atoms with Crippen molar-refractivity contribution in [3.8, 4) is 17.2 Å². The number of alkyl halides is 2. The third kappa shape index (κ3) is 4.09. The van der Waals surface area contributed by atoms with Gasteiger partial charge in [0.25, 0.3) is 5.91 Å². The Balaban J connectivity index is 2.20. The average Bonchev–Trinajstić information content (AvgIpc) is 2.54. The van der Waals surface area contributed by atoms with E-state index in [9.17, 15) is 18.0 Å². The monoisotopic (exact) mass is 341 g/mol. The normalized spacial score (nSPS) is 10.4. The quantitative estimate of drug-likeness (QED) is 0.870.